The molecule has 4 nitrogen and oxygen atoms in total. The van der Waals surface area contributed by atoms with E-state index in [1.54, 1.807) is 0 Å². The summed E-state index contributed by atoms with van der Waals surface area (Å²) in [6.45, 7) is 8.63. The van der Waals surface area contributed by atoms with Gasteiger partial charge in [-0.15, -0.1) is 10.2 Å². The van der Waals surface area contributed by atoms with Crippen LogP contribution in [0.15, 0.2) is 34.7 Å². The van der Waals surface area contributed by atoms with E-state index in [1.165, 1.54) is 10.9 Å². The molecule has 3 aromatic rings. The van der Waals surface area contributed by atoms with Gasteiger partial charge in [0.2, 0.25) is 5.89 Å². The molecule has 0 saturated carbocycles. The van der Waals surface area contributed by atoms with Gasteiger partial charge in [0.15, 0.2) is 0 Å². The molecule has 2 aromatic heterocycles. The monoisotopic (exact) mass is 283 g/mol. The lowest BCUT2D eigenvalue weighted by Crippen LogP contribution is -2.02. The summed E-state index contributed by atoms with van der Waals surface area (Å²) in [6.07, 6.45) is 0.814. The molecule has 3 rings (SSSR count). The lowest BCUT2D eigenvalue weighted by Gasteiger charge is -2.12. The minimum atomic E-state index is 0.334. The van der Waals surface area contributed by atoms with Gasteiger partial charge >= 0.3 is 0 Å². The smallest absolute Gasteiger partial charge is 0.264 e. The molecule has 21 heavy (non-hydrogen) atoms. The van der Waals surface area contributed by atoms with Crippen molar-refractivity contribution < 1.29 is 4.42 Å². The summed E-state index contributed by atoms with van der Waals surface area (Å²) in [7, 11) is 0. The van der Waals surface area contributed by atoms with Crippen molar-refractivity contribution in [1.29, 1.82) is 0 Å². The molecular formula is C17H21N3O. The topological polar surface area (TPSA) is 43.9 Å². The fraction of sp³-hybridized carbons (Fsp3) is 0.412. The first-order valence-electron chi connectivity index (χ1n) is 7.49. The summed E-state index contributed by atoms with van der Waals surface area (Å²) in [5, 5.41) is 9.61. The Bertz CT molecular complexity index is 752. The molecule has 2 heterocycles. The van der Waals surface area contributed by atoms with E-state index in [0.717, 1.165) is 12.1 Å². The normalized spacial score (nSPS) is 11.9. The van der Waals surface area contributed by atoms with Gasteiger partial charge < -0.3 is 8.98 Å². The van der Waals surface area contributed by atoms with E-state index in [9.17, 15) is 0 Å². The summed E-state index contributed by atoms with van der Waals surface area (Å²) in [6, 6.07) is 10.8. The summed E-state index contributed by atoms with van der Waals surface area (Å²) < 4.78 is 8.11. The second-order valence-corrected chi connectivity index (χ2v) is 6.15. The maximum Gasteiger partial charge on any atom is 0.264 e. The van der Waals surface area contributed by atoms with Crippen LogP contribution in [0.25, 0.3) is 22.5 Å². The molecule has 0 saturated heterocycles. The van der Waals surface area contributed by atoms with Crippen molar-refractivity contribution in [2.75, 3.05) is 0 Å². The number of fused-ring (bicyclic) bond motifs is 1. The predicted octanol–water partition coefficient (Wildman–Crippen LogP) is 4.47. The zero-order valence-electron chi connectivity index (χ0n) is 13.0. The lowest BCUT2D eigenvalue weighted by molar-refractivity contribution is 0.462. The van der Waals surface area contributed by atoms with Gasteiger partial charge in [-0.05, 0) is 31.9 Å². The van der Waals surface area contributed by atoms with Crippen molar-refractivity contribution in [3.8, 4) is 11.6 Å². The highest BCUT2D eigenvalue weighted by Crippen LogP contribution is 2.30. The second kappa shape index (κ2) is 5.35. The molecule has 0 atom stereocenters. The molecule has 0 spiro atoms. The van der Waals surface area contributed by atoms with Crippen LogP contribution >= 0.6 is 0 Å². The molecule has 0 bridgehead atoms. The molecule has 0 aliphatic rings. The highest BCUT2D eigenvalue weighted by atomic mass is 16.4. The Balaban J connectivity index is 2.11. The number of benzene rings is 1. The second-order valence-electron chi connectivity index (χ2n) is 6.15. The quantitative estimate of drug-likeness (QED) is 0.709. The van der Waals surface area contributed by atoms with Crippen molar-refractivity contribution in [2.45, 2.75) is 40.2 Å². The molecule has 0 N–H and O–H groups in total. The zero-order chi connectivity index (χ0) is 15.0. The van der Waals surface area contributed by atoms with Gasteiger partial charge in [-0.1, -0.05) is 32.0 Å². The number of para-hydroxylation sites is 1. The van der Waals surface area contributed by atoms with Gasteiger partial charge in [0.25, 0.3) is 5.89 Å². The molecular weight excluding hydrogens is 262 g/mol. The van der Waals surface area contributed by atoms with Crippen molar-refractivity contribution in [3.05, 3.63) is 36.2 Å². The van der Waals surface area contributed by atoms with Crippen LogP contribution in [0, 0.1) is 5.92 Å². The molecule has 0 unspecified atom stereocenters. The Kier molecular flexibility index (Phi) is 3.53. The maximum atomic E-state index is 5.86. The third-order valence-electron chi connectivity index (χ3n) is 3.53. The van der Waals surface area contributed by atoms with E-state index in [0.29, 0.717) is 23.7 Å². The van der Waals surface area contributed by atoms with Crippen LogP contribution in [0.3, 0.4) is 0 Å². The number of nitrogens with zero attached hydrogens (tertiary/aromatic N) is 3. The van der Waals surface area contributed by atoms with Crippen molar-refractivity contribution in [2.24, 2.45) is 5.92 Å². The largest absolute Gasteiger partial charge is 0.419 e. The van der Waals surface area contributed by atoms with Gasteiger partial charge in [-0.3, -0.25) is 0 Å². The number of aromatic nitrogens is 3. The highest BCUT2D eigenvalue weighted by molar-refractivity contribution is 5.85. The van der Waals surface area contributed by atoms with E-state index in [2.05, 4.69) is 72.8 Å². The Hall–Kier alpha value is -2.10. The van der Waals surface area contributed by atoms with Crippen LogP contribution in [0.1, 0.15) is 39.6 Å². The average Bonchev–Trinajstić information content (AvgIpc) is 3.01. The molecule has 0 radical (unpaired) electrons. The van der Waals surface area contributed by atoms with Crippen LogP contribution in [-0.4, -0.2) is 14.8 Å². The van der Waals surface area contributed by atoms with E-state index >= 15 is 0 Å². The van der Waals surface area contributed by atoms with Gasteiger partial charge in [-0.25, -0.2) is 0 Å². The summed E-state index contributed by atoms with van der Waals surface area (Å²) >= 11 is 0. The van der Waals surface area contributed by atoms with E-state index < -0.39 is 0 Å². The molecule has 1 aromatic carbocycles. The van der Waals surface area contributed by atoms with E-state index in [4.69, 9.17) is 4.42 Å². The Morgan fingerprint density at radius 2 is 1.86 bits per heavy atom. The fourth-order valence-corrected chi connectivity index (χ4v) is 2.69. The maximum absolute atomic E-state index is 5.86. The van der Waals surface area contributed by atoms with Gasteiger partial charge in [0, 0.05) is 23.4 Å². The third-order valence-corrected chi connectivity index (χ3v) is 3.53. The van der Waals surface area contributed by atoms with E-state index in [-0.39, 0.29) is 0 Å². The number of rotatable bonds is 4. The molecule has 110 valence electrons. The molecule has 0 fully saturated rings. The van der Waals surface area contributed by atoms with Gasteiger partial charge in [-0.2, -0.15) is 0 Å². The molecule has 0 amide bonds. The Morgan fingerprint density at radius 1 is 1.10 bits per heavy atom. The SMILES string of the molecule is CC(C)Cc1nnc(-c2cc3ccccc3n2C(C)C)o1. The van der Waals surface area contributed by atoms with Gasteiger partial charge in [0.05, 0.1) is 0 Å². The number of hydrogen-bond acceptors (Lipinski definition) is 3. The molecule has 0 aliphatic heterocycles. The number of hydrogen-bond donors (Lipinski definition) is 0. The van der Waals surface area contributed by atoms with Crippen LogP contribution in [0.2, 0.25) is 0 Å². The standard InChI is InChI=1S/C17H21N3O/c1-11(2)9-16-18-19-17(21-16)15-10-13-7-5-6-8-14(13)20(15)12(3)4/h5-8,10-12H,9H2,1-4H3. The average molecular weight is 283 g/mol. The Labute approximate surface area is 124 Å². The summed E-state index contributed by atoms with van der Waals surface area (Å²) in [5.41, 5.74) is 2.19. The summed E-state index contributed by atoms with van der Waals surface area (Å²) in [4.78, 5) is 0. The zero-order valence-corrected chi connectivity index (χ0v) is 13.0. The van der Waals surface area contributed by atoms with Crippen molar-refractivity contribution in [3.63, 3.8) is 0 Å². The first kappa shape index (κ1) is 13.9. The van der Waals surface area contributed by atoms with Crippen molar-refractivity contribution >= 4 is 10.9 Å². The fourth-order valence-electron chi connectivity index (χ4n) is 2.69. The Morgan fingerprint density at radius 3 is 2.57 bits per heavy atom. The first-order valence-corrected chi connectivity index (χ1v) is 7.49. The highest BCUT2D eigenvalue weighted by Gasteiger charge is 2.18. The van der Waals surface area contributed by atoms with E-state index in [1.807, 2.05) is 0 Å². The predicted molar refractivity (Wildman–Crippen MR) is 84.2 cm³/mol. The van der Waals surface area contributed by atoms with Crippen molar-refractivity contribution in [1.82, 2.24) is 14.8 Å². The summed E-state index contributed by atoms with van der Waals surface area (Å²) in [5.74, 6) is 1.82. The molecule has 0 aliphatic carbocycles. The third kappa shape index (κ3) is 2.58. The van der Waals surface area contributed by atoms with Crippen LogP contribution in [0.4, 0.5) is 0 Å². The molecule has 4 heteroatoms. The lowest BCUT2D eigenvalue weighted by atomic mass is 10.1. The first-order chi connectivity index (χ1) is 10.1. The van der Waals surface area contributed by atoms with Gasteiger partial charge in [0.1, 0.15) is 5.69 Å². The minimum Gasteiger partial charge on any atom is -0.419 e. The van der Waals surface area contributed by atoms with Crippen LogP contribution in [0.5, 0.6) is 0 Å². The van der Waals surface area contributed by atoms with Crippen LogP contribution in [-0.2, 0) is 6.42 Å². The minimum absolute atomic E-state index is 0.334. The van der Waals surface area contributed by atoms with Crippen LogP contribution < -0.4 is 0 Å².